The Labute approximate surface area is 104 Å². The van der Waals surface area contributed by atoms with Crippen molar-refractivity contribution in [1.82, 2.24) is 0 Å². The molecule has 1 aliphatic carbocycles. The summed E-state index contributed by atoms with van der Waals surface area (Å²) in [5, 5.41) is 9.60. The van der Waals surface area contributed by atoms with Crippen LogP contribution in [0.3, 0.4) is 0 Å². The lowest BCUT2D eigenvalue weighted by Crippen LogP contribution is -2.45. The molecule has 0 radical (unpaired) electrons. The van der Waals surface area contributed by atoms with Gasteiger partial charge in [-0.3, -0.25) is 0 Å². The number of methoxy groups -OCH3 is 1. The third-order valence-corrected chi connectivity index (χ3v) is 3.91. The van der Waals surface area contributed by atoms with Crippen LogP contribution in [0.25, 0.3) is 0 Å². The lowest BCUT2D eigenvalue weighted by Gasteiger charge is -2.39. The molecule has 4 heteroatoms. The second-order valence-electron chi connectivity index (χ2n) is 5.16. The van der Waals surface area contributed by atoms with Crippen molar-refractivity contribution in [2.75, 3.05) is 26.9 Å². The van der Waals surface area contributed by atoms with Gasteiger partial charge in [0, 0.05) is 13.7 Å². The van der Waals surface area contributed by atoms with Gasteiger partial charge < -0.3 is 20.3 Å². The highest BCUT2D eigenvalue weighted by Crippen LogP contribution is 2.35. The summed E-state index contributed by atoms with van der Waals surface area (Å²) in [6.45, 7) is 3.42. The number of ether oxygens (including phenoxy) is 2. The minimum absolute atomic E-state index is 0.208. The van der Waals surface area contributed by atoms with Crippen LogP contribution in [-0.2, 0) is 9.47 Å². The van der Waals surface area contributed by atoms with Crippen LogP contribution in [0.4, 0.5) is 0 Å². The summed E-state index contributed by atoms with van der Waals surface area (Å²) >= 11 is 0. The van der Waals surface area contributed by atoms with Gasteiger partial charge in [-0.25, -0.2) is 0 Å². The van der Waals surface area contributed by atoms with E-state index in [1.807, 2.05) is 0 Å². The summed E-state index contributed by atoms with van der Waals surface area (Å²) in [7, 11) is 1.58. The van der Waals surface area contributed by atoms with Gasteiger partial charge in [-0.15, -0.1) is 0 Å². The molecule has 1 unspecified atom stereocenters. The summed E-state index contributed by atoms with van der Waals surface area (Å²) in [6.07, 6.45) is 5.10. The SMILES string of the molecule is CCC1CCC(CN)(OCC(O)COC)CC1. The number of nitrogens with two attached hydrogens (primary N) is 1. The molecule has 4 nitrogen and oxygen atoms in total. The predicted octanol–water partition coefficient (Wildman–Crippen LogP) is 1.31. The first-order valence-electron chi connectivity index (χ1n) is 6.67. The number of hydrogen-bond acceptors (Lipinski definition) is 4. The molecular weight excluding hydrogens is 218 g/mol. The second kappa shape index (κ2) is 7.31. The Kier molecular flexibility index (Phi) is 6.41. The van der Waals surface area contributed by atoms with Crippen LogP contribution in [0.5, 0.6) is 0 Å². The zero-order chi connectivity index (χ0) is 12.7. The first kappa shape index (κ1) is 14.9. The van der Waals surface area contributed by atoms with E-state index in [0.29, 0.717) is 19.8 Å². The Morgan fingerprint density at radius 3 is 2.47 bits per heavy atom. The molecule has 0 saturated heterocycles. The van der Waals surface area contributed by atoms with Crippen LogP contribution in [-0.4, -0.2) is 43.7 Å². The number of hydrogen-bond donors (Lipinski definition) is 2. The van der Waals surface area contributed by atoms with Gasteiger partial charge >= 0.3 is 0 Å². The molecule has 0 aliphatic heterocycles. The van der Waals surface area contributed by atoms with Crippen molar-refractivity contribution >= 4 is 0 Å². The lowest BCUT2D eigenvalue weighted by molar-refractivity contribution is -0.108. The van der Waals surface area contributed by atoms with Gasteiger partial charge in [-0.1, -0.05) is 13.3 Å². The number of aliphatic hydroxyl groups is 1. The van der Waals surface area contributed by atoms with E-state index in [1.165, 1.54) is 19.3 Å². The van der Waals surface area contributed by atoms with Gasteiger partial charge in [0.25, 0.3) is 0 Å². The van der Waals surface area contributed by atoms with E-state index in [-0.39, 0.29) is 5.60 Å². The maximum Gasteiger partial charge on any atom is 0.101 e. The zero-order valence-electron chi connectivity index (χ0n) is 11.2. The summed E-state index contributed by atoms with van der Waals surface area (Å²) in [4.78, 5) is 0. The van der Waals surface area contributed by atoms with Gasteiger partial charge in [-0.05, 0) is 31.6 Å². The first-order chi connectivity index (χ1) is 8.15. The molecule has 1 atom stereocenters. The molecule has 17 heavy (non-hydrogen) atoms. The highest BCUT2D eigenvalue weighted by molar-refractivity contribution is 4.88. The van der Waals surface area contributed by atoms with Crippen LogP contribution < -0.4 is 5.73 Å². The molecule has 0 heterocycles. The fourth-order valence-corrected chi connectivity index (χ4v) is 2.53. The first-order valence-corrected chi connectivity index (χ1v) is 6.67. The van der Waals surface area contributed by atoms with Crippen molar-refractivity contribution in [3.63, 3.8) is 0 Å². The van der Waals surface area contributed by atoms with Crippen molar-refractivity contribution in [1.29, 1.82) is 0 Å². The van der Waals surface area contributed by atoms with Crippen molar-refractivity contribution < 1.29 is 14.6 Å². The molecule has 3 N–H and O–H groups in total. The maximum atomic E-state index is 9.60. The third-order valence-electron chi connectivity index (χ3n) is 3.91. The Morgan fingerprint density at radius 2 is 2.00 bits per heavy atom. The Hall–Kier alpha value is -0.160. The molecule has 1 fully saturated rings. The Morgan fingerprint density at radius 1 is 1.35 bits per heavy atom. The molecule has 0 aromatic rings. The average Bonchev–Trinajstić information content (AvgIpc) is 2.37. The smallest absolute Gasteiger partial charge is 0.101 e. The summed E-state index contributed by atoms with van der Waals surface area (Å²) in [6, 6.07) is 0. The fourth-order valence-electron chi connectivity index (χ4n) is 2.53. The van der Waals surface area contributed by atoms with E-state index in [9.17, 15) is 5.11 Å². The van der Waals surface area contributed by atoms with Crippen LogP contribution in [0, 0.1) is 5.92 Å². The normalized spacial score (nSPS) is 31.4. The molecule has 1 rings (SSSR count). The number of aliphatic hydroxyl groups excluding tert-OH is 1. The minimum atomic E-state index is -0.549. The molecule has 1 saturated carbocycles. The Bertz CT molecular complexity index is 203. The molecule has 0 aromatic carbocycles. The fraction of sp³-hybridized carbons (Fsp3) is 1.00. The Balaban J connectivity index is 2.37. The third kappa shape index (κ3) is 4.54. The maximum absolute atomic E-state index is 9.60. The van der Waals surface area contributed by atoms with Crippen molar-refractivity contribution in [2.24, 2.45) is 11.7 Å². The molecule has 0 amide bonds. The van der Waals surface area contributed by atoms with Gasteiger partial charge in [0.05, 0.1) is 18.8 Å². The summed E-state index contributed by atoms with van der Waals surface area (Å²) < 4.78 is 10.8. The number of rotatable bonds is 7. The van der Waals surface area contributed by atoms with E-state index in [0.717, 1.165) is 18.8 Å². The van der Waals surface area contributed by atoms with Crippen LogP contribution in [0.2, 0.25) is 0 Å². The standard InChI is InChI=1S/C13H27NO3/c1-3-11-4-6-13(10-14,7-5-11)17-9-12(15)8-16-2/h11-12,15H,3-10,14H2,1-2H3. The summed E-state index contributed by atoms with van der Waals surface area (Å²) in [5.74, 6) is 0.821. The van der Waals surface area contributed by atoms with Crippen LogP contribution in [0.1, 0.15) is 39.0 Å². The zero-order valence-corrected chi connectivity index (χ0v) is 11.2. The van der Waals surface area contributed by atoms with Gasteiger partial charge in [0.2, 0.25) is 0 Å². The van der Waals surface area contributed by atoms with Crippen molar-refractivity contribution in [2.45, 2.75) is 50.7 Å². The quantitative estimate of drug-likeness (QED) is 0.710. The van der Waals surface area contributed by atoms with Gasteiger partial charge in [0.15, 0.2) is 0 Å². The molecule has 0 spiro atoms. The largest absolute Gasteiger partial charge is 0.388 e. The van der Waals surface area contributed by atoms with Crippen LogP contribution >= 0.6 is 0 Å². The molecule has 0 aromatic heterocycles. The minimum Gasteiger partial charge on any atom is -0.388 e. The van der Waals surface area contributed by atoms with Crippen molar-refractivity contribution in [3.8, 4) is 0 Å². The average molecular weight is 245 g/mol. The summed E-state index contributed by atoms with van der Waals surface area (Å²) in [5.41, 5.74) is 5.64. The van der Waals surface area contributed by atoms with Gasteiger partial charge in [0.1, 0.15) is 6.10 Å². The van der Waals surface area contributed by atoms with E-state index in [4.69, 9.17) is 15.2 Å². The topological polar surface area (TPSA) is 64.7 Å². The molecule has 1 aliphatic rings. The molecule has 102 valence electrons. The molecule has 0 bridgehead atoms. The van der Waals surface area contributed by atoms with Gasteiger partial charge in [-0.2, -0.15) is 0 Å². The second-order valence-corrected chi connectivity index (χ2v) is 5.16. The highest BCUT2D eigenvalue weighted by Gasteiger charge is 2.34. The monoisotopic (exact) mass is 245 g/mol. The van der Waals surface area contributed by atoms with E-state index in [1.54, 1.807) is 7.11 Å². The van der Waals surface area contributed by atoms with Crippen molar-refractivity contribution in [3.05, 3.63) is 0 Å². The van der Waals surface area contributed by atoms with E-state index < -0.39 is 6.10 Å². The lowest BCUT2D eigenvalue weighted by atomic mass is 9.77. The van der Waals surface area contributed by atoms with E-state index >= 15 is 0 Å². The predicted molar refractivity (Wildman–Crippen MR) is 67.9 cm³/mol. The molecular formula is C13H27NO3. The highest BCUT2D eigenvalue weighted by atomic mass is 16.5. The van der Waals surface area contributed by atoms with Crippen LogP contribution in [0.15, 0.2) is 0 Å². The van der Waals surface area contributed by atoms with E-state index in [2.05, 4.69) is 6.92 Å².